The molecule has 2 rings (SSSR count). The van der Waals surface area contributed by atoms with E-state index in [0.29, 0.717) is 5.56 Å². The number of carbonyl (C=O) groups is 2. The Labute approximate surface area is 139 Å². The summed E-state index contributed by atoms with van der Waals surface area (Å²) in [5.74, 6) is -1.42. The van der Waals surface area contributed by atoms with E-state index in [1.165, 1.54) is 0 Å². The first-order valence-corrected chi connectivity index (χ1v) is 7.40. The minimum absolute atomic E-state index is 0.0119. The summed E-state index contributed by atoms with van der Waals surface area (Å²) in [5.41, 5.74) is 1.32. The summed E-state index contributed by atoms with van der Waals surface area (Å²) in [5, 5.41) is 14.4. The molecule has 0 aliphatic carbocycles. The van der Waals surface area contributed by atoms with Crippen LogP contribution in [0.2, 0.25) is 0 Å². The molecule has 1 atom stereocenters. The highest BCUT2D eigenvalue weighted by Crippen LogP contribution is 2.04. The number of thiocarbonyl (C=S) groups is 1. The van der Waals surface area contributed by atoms with Gasteiger partial charge in [0.1, 0.15) is 6.04 Å². The largest absolute Gasteiger partial charge is 0.480 e. The second kappa shape index (κ2) is 8.05. The van der Waals surface area contributed by atoms with Gasteiger partial charge in [-0.25, -0.2) is 4.79 Å². The highest BCUT2D eigenvalue weighted by Gasteiger charge is 2.19. The molecule has 6 heteroatoms. The minimum atomic E-state index is -1.04. The standard InChI is InChI=1S/C17H16N2O3S/c20-15(13-9-5-2-6-10-13)19-17(23)18-14(16(21)22)11-12-7-3-1-4-8-12/h1-10,14H,11H2,(H,21,22)(H2,18,19,20,23). The maximum atomic E-state index is 12.0. The molecule has 0 heterocycles. The van der Waals surface area contributed by atoms with Gasteiger partial charge in [0.15, 0.2) is 5.11 Å². The third kappa shape index (κ3) is 5.19. The van der Waals surface area contributed by atoms with Crippen molar-refractivity contribution in [2.24, 2.45) is 0 Å². The molecule has 0 radical (unpaired) electrons. The van der Waals surface area contributed by atoms with Gasteiger partial charge in [0, 0.05) is 12.0 Å². The smallest absolute Gasteiger partial charge is 0.326 e. The fourth-order valence-corrected chi connectivity index (χ4v) is 2.24. The van der Waals surface area contributed by atoms with Crippen LogP contribution in [0.15, 0.2) is 60.7 Å². The van der Waals surface area contributed by atoms with Crippen LogP contribution in [0.3, 0.4) is 0 Å². The Morgan fingerprint density at radius 1 is 1.00 bits per heavy atom. The number of carboxylic acids is 1. The van der Waals surface area contributed by atoms with Crippen LogP contribution in [0.25, 0.3) is 0 Å². The van der Waals surface area contributed by atoms with Gasteiger partial charge in [0.05, 0.1) is 0 Å². The van der Waals surface area contributed by atoms with Gasteiger partial charge in [-0.15, -0.1) is 0 Å². The maximum absolute atomic E-state index is 12.0. The molecular formula is C17H16N2O3S. The lowest BCUT2D eigenvalue weighted by Gasteiger charge is -2.17. The predicted molar refractivity (Wildman–Crippen MR) is 91.2 cm³/mol. The lowest BCUT2D eigenvalue weighted by Crippen LogP contribution is -2.48. The summed E-state index contributed by atoms with van der Waals surface area (Å²) in [6, 6.07) is 16.9. The van der Waals surface area contributed by atoms with Crippen LogP contribution in [-0.2, 0) is 11.2 Å². The van der Waals surface area contributed by atoms with Crippen molar-refractivity contribution in [3.8, 4) is 0 Å². The second-order valence-corrected chi connectivity index (χ2v) is 5.28. The van der Waals surface area contributed by atoms with Crippen LogP contribution >= 0.6 is 12.2 Å². The fraction of sp³-hybridized carbons (Fsp3) is 0.118. The Morgan fingerprint density at radius 3 is 2.13 bits per heavy atom. The van der Waals surface area contributed by atoms with Gasteiger partial charge in [0.25, 0.3) is 5.91 Å². The number of nitrogens with one attached hydrogen (secondary N) is 2. The number of aliphatic carboxylic acids is 1. The molecule has 0 saturated carbocycles. The first kappa shape index (κ1) is 16.6. The first-order chi connectivity index (χ1) is 11.1. The van der Waals surface area contributed by atoms with Crippen LogP contribution in [0.1, 0.15) is 15.9 Å². The summed E-state index contributed by atoms with van der Waals surface area (Å²) < 4.78 is 0. The van der Waals surface area contributed by atoms with Crippen molar-refractivity contribution in [1.82, 2.24) is 10.6 Å². The fourth-order valence-electron chi connectivity index (χ4n) is 2.01. The average Bonchev–Trinajstić information content (AvgIpc) is 2.56. The zero-order valence-corrected chi connectivity index (χ0v) is 13.0. The van der Waals surface area contributed by atoms with Crippen molar-refractivity contribution in [2.45, 2.75) is 12.5 Å². The van der Waals surface area contributed by atoms with Crippen molar-refractivity contribution in [3.63, 3.8) is 0 Å². The summed E-state index contributed by atoms with van der Waals surface area (Å²) >= 11 is 5.04. The number of carboxylic acid groups (broad SMARTS) is 1. The second-order valence-electron chi connectivity index (χ2n) is 4.87. The van der Waals surface area contributed by atoms with E-state index in [-0.39, 0.29) is 17.4 Å². The lowest BCUT2D eigenvalue weighted by atomic mass is 10.1. The molecule has 3 N–H and O–H groups in total. The molecule has 0 spiro atoms. The molecule has 0 aromatic heterocycles. The predicted octanol–water partition coefficient (Wildman–Crippen LogP) is 1.99. The summed E-state index contributed by atoms with van der Waals surface area (Å²) in [6.07, 6.45) is 0.261. The Bertz CT molecular complexity index is 689. The lowest BCUT2D eigenvalue weighted by molar-refractivity contribution is -0.139. The van der Waals surface area contributed by atoms with E-state index in [9.17, 15) is 14.7 Å². The molecule has 2 aromatic rings. The van der Waals surface area contributed by atoms with Gasteiger partial charge >= 0.3 is 5.97 Å². The molecular weight excluding hydrogens is 312 g/mol. The van der Waals surface area contributed by atoms with Crippen molar-refractivity contribution in [3.05, 3.63) is 71.8 Å². The minimum Gasteiger partial charge on any atom is -0.480 e. The highest BCUT2D eigenvalue weighted by molar-refractivity contribution is 7.80. The van der Waals surface area contributed by atoms with Gasteiger partial charge < -0.3 is 10.4 Å². The topological polar surface area (TPSA) is 78.4 Å². The molecule has 0 saturated heterocycles. The molecule has 0 aliphatic heterocycles. The van der Waals surface area contributed by atoms with Crippen LogP contribution in [-0.4, -0.2) is 28.1 Å². The van der Waals surface area contributed by atoms with Crippen LogP contribution < -0.4 is 10.6 Å². The average molecular weight is 328 g/mol. The molecule has 5 nitrogen and oxygen atoms in total. The zero-order valence-electron chi connectivity index (χ0n) is 12.2. The van der Waals surface area contributed by atoms with E-state index in [1.807, 2.05) is 30.3 Å². The quantitative estimate of drug-likeness (QED) is 0.732. The molecule has 2 aromatic carbocycles. The third-order valence-corrected chi connectivity index (χ3v) is 3.37. The molecule has 0 bridgehead atoms. The van der Waals surface area contributed by atoms with Crippen molar-refractivity contribution >= 4 is 29.2 Å². The number of hydrogen-bond donors (Lipinski definition) is 3. The van der Waals surface area contributed by atoms with Crippen molar-refractivity contribution < 1.29 is 14.7 Å². The summed E-state index contributed by atoms with van der Waals surface area (Å²) in [4.78, 5) is 23.3. The SMILES string of the molecule is O=C(NC(=S)NC(Cc1ccccc1)C(=O)O)c1ccccc1. The van der Waals surface area contributed by atoms with Gasteiger partial charge in [0.2, 0.25) is 0 Å². The zero-order chi connectivity index (χ0) is 16.7. The Balaban J connectivity index is 1.96. The number of benzene rings is 2. The van der Waals surface area contributed by atoms with Crippen molar-refractivity contribution in [2.75, 3.05) is 0 Å². The first-order valence-electron chi connectivity index (χ1n) is 7.00. The highest BCUT2D eigenvalue weighted by atomic mass is 32.1. The molecule has 0 fully saturated rings. The summed E-state index contributed by atoms with van der Waals surface area (Å²) in [7, 11) is 0. The Kier molecular flexibility index (Phi) is 5.82. The van der Waals surface area contributed by atoms with Gasteiger partial charge in [-0.05, 0) is 29.9 Å². The number of amides is 1. The number of hydrogen-bond acceptors (Lipinski definition) is 3. The van der Waals surface area contributed by atoms with Crippen LogP contribution in [0.5, 0.6) is 0 Å². The Morgan fingerprint density at radius 2 is 1.57 bits per heavy atom. The van der Waals surface area contributed by atoms with E-state index in [1.54, 1.807) is 30.3 Å². The van der Waals surface area contributed by atoms with Gasteiger partial charge in [-0.2, -0.15) is 0 Å². The summed E-state index contributed by atoms with van der Waals surface area (Å²) in [6.45, 7) is 0. The molecule has 118 valence electrons. The normalized spacial score (nSPS) is 11.3. The molecule has 23 heavy (non-hydrogen) atoms. The van der Waals surface area contributed by atoms with Crippen LogP contribution in [0.4, 0.5) is 0 Å². The number of rotatable bonds is 5. The molecule has 0 aliphatic rings. The molecule has 1 amide bonds. The molecule has 1 unspecified atom stereocenters. The van der Waals surface area contributed by atoms with E-state index >= 15 is 0 Å². The van der Waals surface area contributed by atoms with E-state index < -0.39 is 12.0 Å². The van der Waals surface area contributed by atoms with E-state index in [4.69, 9.17) is 12.2 Å². The Hall–Kier alpha value is -2.73. The van der Waals surface area contributed by atoms with Crippen molar-refractivity contribution in [1.29, 1.82) is 0 Å². The van der Waals surface area contributed by atoms with E-state index in [2.05, 4.69) is 10.6 Å². The monoisotopic (exact) mass is 328 g/mol. The van der Waals surface area contributed by atoms with E-state index in [0.717, 1.165) is 5.56 Å². The van der Waals surface area contributed by atoms with Gasteiger partial charge in [-0.3, -0.25) is 10.1 Å². The van der Waals surface area contributed by atoms with Crippen LogP contribution in [0, 0.1) is 0 Å². The maximum Gasteiger partial charge on any atom is 0.326 e. The third-order valence-electron chi connectivity index (χ3n) is 3.15. The van der Waals surface area contributed by atoms with Gasteiger partial charge in [-0.1, -0.05) is 48.5 Å². The number of carbonyl (C=O) groups excluding carboxylic acids is 1.